The molecular weight excluding hydrogens is 420 g/mol. The molecule has 3 aromatic heterocycles. The number of amides is 1. The summed E-state index contributed by atoms with van der Waals surface area (Å²) in [5.74, 6) is 1.77. The molecule has 1 amide bonds. The van der Waals surface area contributed by atoms with Crippen LogP contribution in [0, 0.1) is 13.8 Å². The number of rotatable bonds is 4. The lowest BCUT2D eigenvalue weighted by molar-refractivity contribution is 0.0501. The van der Waals surface area contributed by atoms with Gasteiger partial charge in [0.05, 0.1) is 17.3 Å². The van der Waals surface area contributed by atoms with Crippen molar-refractivity contribution in [1.29, 1.82) is 0 Å². The number of hydrogen-bond donors (Lipinski definition) is 1. The molecule has 5 rings (SSSR count). The fourth-order valence-electron chi connectivity index (χ4n) is 4.05. The van der Waals surface area contributed by atoms with Crippen molar-refractivity contribution in [2.75, 3.05) is 20.6 Å². The number of carbonyl (C=O) groups is 2. The zero-order chi connectivity index (χ0) is 23.7. The van der Waals surface area contributed by atoms with Crippen molar-refractivity contribution in [3.63, 3.8) is 0 Å². The van der Waals surface area contributed by atoms with Crippen LogP contribution in [0.15, 0.2) is 41.1 Å². The smallest absolute Gasteiger partial charge is 0.256 e. The average molecular weight is 449 g/mol. The van der Waals surface area contributed by atoms with Crippen molar-refractivity contribution in [2.45, 2.75) is 33.2 Å². The summed E-state index contributed by atoms with van der Waals surface area (Å²) < 4.78 is 13.5. The summed E-state index contributed by atoms with van der Waals surface area (Å²) in [5, 5.41) is 7.86. The van der Waals surface area contributed by atoms with E-state index in [4.69, 9.17) is 9.15 Å². The minimum Gasteiger partial charge on any atom is -0.460 e. The molecule has 1 aliphatic heterocycles. The van der Waals surface area contributed by atoms with Gasteiger partial charge in [0.15, 0.2) is 12.0 Å². The van der Waals surface area contributed by atoms with Gasteiger partial charge in [-0.05, 0) is 59.0 Å². The molecule has 4 aromatic rings. The summed E-state index contributed by atoms with van der Waals surface area (Å²) >= 11 is 0. The summed E-state index contributed by atoms with van der Waals surface area (Å²) in [6.45, 7) is 6.52. The van der Waals surface area contributed by atoms with E-state index in [-0.39, 0.29) is 11.9 Å². The number of fused-ring (bicyclic) bond motifs is 2. The summed E-state index contributed by atoms with van der Waals surface area (Å²) in [6.07, 6.45) is 5.24. The molecule has 8 nitrogen and oxygen atoms in total. The molecule has 1 N–H and O–H groups in total. The molecule has 33 heavy (non-hydrogen) atoms. The number of hydrogen-bond acceptors (Lipinski definition) is 6. The predicted octanol–water partition coefficient (Wildman–Crippen LogP) is 4.37. The average Bonchev–Trinajstić information content (AvgIpc) is 3.29. The minimum absolute atomic E-state index is 0.0246. The fraction of sp³-hybridized carbons (Fsp3) is 0.320. The van der Waals surface area contributed by atoms with Crippen LogP contribution in [-0.2, 0) is 0 Å². The van der Waals surface area contributed by atoms with E-state index < -0.39 is 0 Å². The van der Waals surface area contributed by atoms with E-state index in [0.29, 0.717) is 34.0 Å². The number of aryl methyl sites for hydroxylation is 2. The van der Waals surface area contributed by atoms with Crippen LogP contribution in [0.4, 0.5) is 0 Å². The molecule has 4 heterocycles. The molecule has 1 aliphatic rings. The van der Waals surface area contributed by atoms with Gasteiger partial charge in [0.2, 0.25) is 0 Å². The Kier molecular flexibility index (Phi) is 6.20. The molecule has 0 aliphatic carbocycles. The zero-order valence-electron chi connectivity index (χ0n) is 19.5. The monoisotopic (exact) mass is 448 g/mol. The Morgan fingerprint density at radius 1 is 1.27 bits per heavy atom. The SMILES string of the molecule is CNC.Cc1oc2cc(Oc3ccnn4cc(C(=O)N5CCC5C)c(C)c34)ccc2c1C=O. The summed E-state index contributed by atoms with van der Waals surface area (Å²) in [6, 6.07) is 7.42. The Morgan fingerprint density at radius 2 is 2.03 bits per heavy atom. The highest BCUT2D eigenvalue weighted by Crippen LogP contribution is 2.34. The molecule has 1 unspecified atom stereocenters. The standard InChI is InChI=1S/C23H21N3O4.C2H7N/c1-13-7-9-25(13)23(28)18-11-26-22(14(18)2)20(6-8-24-26)30-16-4-5-17-19(12-27)15(3)29-21(17)10-16;1-3-2/h4-6,8,10-13H,7,9H2,1-3H3;3H,1-2H3. The first kappa shape index (κ1) is 22.5. The molecule has 1 atom stereocenters. The van der Waals surface area contributed by atoms with Gasteiger partial charge in [-0.1, -0.05) is 0 Å². The molecule has 1 aromatic carbocycles. The first-order valence-electron chi connectivity index (χ1n) is 10.9. The van der Waals surface area contributed by atoms with E-state index in [9.17, 15) is 9.59 Å². The van der Waals surface area contributed by atoms with Crippen molar-refractivity contribution in [3.05, 3.63) is 59.1 Å². The van der Waals surface area contributed by atoms with E-state index in [1.807, 2.05) is 32.0 Å². The van der Waals surface area contributed by atoms with Crippen LogP contribution in [0.3, 0.4) is 0 Å². The maximum atomic E-state index is 12.9. The molecule has 0 radical (unpaired) electrons. The highest BCUT2D eigenvalue weighted by Gasteiger charge is 2.31. The lowest BCUT2D eigenvalue weighted by Crippen LogP contribution is -2.49. The normalized spacial score (nSPS) is 15.2. The number of furan rings is 1. The molecule has 0 saturated carbocycles. The Morgan fingerprint density at radius 3 is 2.67 bits per heavy atom. The van der Waals surface area contributed by atoms with Crippen molar-refractivity contribution < 1.29 is 18.7 Å². The maximum absolute atomic E-state index is 12.9. The number of benzene rings is 1. The Hall–Kier alpha value is -3.65. The van der Waals surface area contributed by atoms with Gasteiger partial charge in [0.1, 0.15) is 22.6 Å². The number of nitrogens with one attached hydrogen (secondary N) is 1. The second-order valence-corrected chi connectivity index (χ2v) is 8.24. The molecule has 1 fully saturated rings. The predicted molar refractivity (Wildman–Crippen MR) is 126 cm³/mol. The second kappa shape index (κ2) is 9.07. The number of likely N-dealkylation sites (tertiary alicyclic amines) is 1. The number of aldehydes is 1. The highest BCUT2D eigenvalue weighted by atomic mass is 16.5. The fourth-order valence-corrected chi connectivity index (χ4v) is 4.05. The van der Waals surface area contributed by atoms with Gasteiger partial charge in [-0.3, -0.25) is 9.59 Å². The Bertz CT molecular complexity index is 1340. The topological polar surface area (TPSA) is 89.1 Å². The van der Waals surface area contributed by atoms with E-state index >= 15 is 0 Å². The van der Waals surface area contributed by atoms with Gasteiger partial charge in [-0.2, -0.15) is 5.10 Å². The zero-order valence-corrected chi connectivity index (χ0v) is 19.5. The van der Waals surface area contributed by atoms with Crippen molar-refractivity contribution in [1.82, 2.24) is 19.8 Å². The summed E-state index contributed by atoms with van der Waals surface area (Å²) in [5.41, 5.74) is 3.36. The van der Waals surface area contributed by atoms with Crippen LogP contribution in [-0.4, -0.2) is 53.4 Å². The second-order valence-electron chi connectivity index (χ2n) is 8.24. The van der Waals surface area contributed by atoms with Crippen LogP contribution in [0.5, 0.6) is 11.5 Å². The number of carbonyl (C=O) groups excluding carboxylic acids is 2. The van der Waals surface area contributed by atoms with E-state index in [0.717, 1.165) is 35.7 Å². The van der Waals surface area contributed by atoms with Crippen molar-refractivity contribution in [3.8, 4) is 11.5 Å². The van der Waals surface area contributed by atoms with Gasteiger partial charge in [-0.15, -0.1) is 0 Å². The van der Waals surface area contributed by atoms with Crippen LogP contribution in [0.25, 0.3) is 16.5 Å². The number of ether oxygens (including phenoxy) is 1. The van der Waals surface area contributed by atoms with Crippen LogP contribution < -0.4 is 10.1 Å². The van der Waals surface area contributed by atoms with Crippen molar-refractivity contribution in [2.24, 2.45) is 0 Å². The van der Waals surface area contributed by atoms with E-state index in [1.165, 1.54) is 0 Å². The first-order valence-corrected chi connectivity index (χ1v) is 10.9. The third kappa shape index (κ3) is 3.98. The summed E-state index contributed by atoms with van der Waals surface area (Å²) in [7, 11) is 3.75. The van der Waals surface area contributed by atoms with Crippen LogP contribution >= 0.6 is 0 Å². The number of nitrogens with zero attached hydrogens (tertiary/aromatic N) is 3. The van der Waals surface area contributed by atoms with E-state index in [2.05, 4.69) is 17.3 Å². The van der Waals surface area contributed by atoms with Gasteiger partial charge in [-0.25, -0.2) is 4.52 Å². The molecule has 1 saturated heterocycles. The van der Waals surface area contributed by atoms with Crippen LogP contribution in [0.1, 0.15) is 45.4 Å². The molecule has 8 heteroatoms. The third-order valence-electron chi connectivity index (χ3n) is 5.93. The van der Waals surface area contributed by atoms with Gasteiger partial charge in [0, 0.05) is 36.3 Å². The van der Waals surface area contributed by atoms with Crippen molar-refractivity contribution >= 4 is 28.7 Å². The number of aromatic nitrogens is 2. The quantitative estimate of drug-likeness (QED) is 0.466. The van der Waals surface area contributed by atoms with Gasteiger partial charge < -0.3 is 19.4 Å². The third-order valence-corrected chi connectivity index (χ3v) is 5.93. The van der Waals surface area contributed by atoms with Crippen LogP contribution in [0.2, 0.25) is 0 Å². The Labute approximate surface area is 192 Å². The van der Waals surface area contributed by atoms with Gasteiger partial charge >= 0.3 is 0 Å². The molecule has 172 valence electrons. The maximum Gasteiger partial charge on any atom is 0.256 e. The molecular formula is C25H28N4O4. The highest BCUT2D eigenvalue weighted by molar-refractivity contribution is 5.99. The lowest BCUT2D eigenvalue weighted by Gasteiger charge is -2.38. The summed E-state index contributed by atoms with van der Waals surface area (Å²) in [4.78, 5) is 26.1. The Balaban J connectivity index is 0.000000821. The first-order chi connectivity index (χ1) is 15.9. The largest absolute Gasteiger partial charge is 0.460 e. The molecule has 0 spiro atoms. The minimum atomic E-state index is 0.0246. The van der Waals surface area contributed by atoms with Gasteiger partial charge in [0.25, 0.3) is 5.91 Å². The van der Waals surface area contributed by atoms with E-state index in [1.54, 1.807) is 42.0 Å². The lowest BCUT2D eigenvalue weighted by atomic mass is 10.0. The molecule has 0 bridgehead atoms.